The predicted molar refractivity (Wildman–Crippen MR) is 70.7 cm³/mol. The zero-order valence-electron chi connectivity index (χ0n) is 10.6. The van der Waals surface area contributed by atoms with Gasteiger partial charge in [0, 0.05) is 19.1 Å². The van der Waals surface area contributed by atoms with Crippen molar-refractivity contribution in [1.82, 2.24) is 4.98 Å². The topological polar surface area (TPSA) is 51.2 Å². The van der Waals surface area contributed by atoms with Crippen molar-refractivity contribution in [3.63, 3.8) is 0 Å². The minimum absolute atomic E-state index is 0.00817. The van der Waals surface area contributed by atoms with Gasteiger partial charge in [0.15, 0.2) is 0 Å². The van der Waals surface area contributed by atoms with Crippen LogP contribution in [0.25, 0.3) is 0 Å². The molecule has 4 nitrogen and oxygen atoms in total. The van der Waals surface area contributed by atoms with Gasteiger partial charge in [0.1, 0.15) is 5.15 Å². The predicted octanol–water partition coefficient (Wildman–Crippen LogP) is 2.65. The summed E-state index contributed by atoms with van der Waals surface area (Å²) in [6.07, 6.45) is 0.771. The number of halogens is 1. The molecule has 18 heavy (non-hydrogen) atoms. The van der Waals surface area contributed by atoms with Gasteiger partial charge in [0.2, 0.25) is 5.91 Å². The van der Waals surface area contributed by atoms with Crippen LogP contribution in [0, 0.1) is 18.8 Å². The first-order chi connectivity index (χ1) is 8.58. The fraction of sp³-hybridized carbons (Fsp3) is 0.538. The third kappa shape index (κ3) is 3.00. The summed E-state index contributed by atoms with van der Waals surface area (Å²) >= 11 is 5.79. The second-order valence-corrected chi connectivity index (χ2v) is 5.09. The van der Waals surface area contributed by atoms with Crippen molar-refractivity contribution in [1.29, 1.82) is 0 Å². The Bertz CT molecular complexity index is 451. The van der Waals surface area contributed by atoms with Crippen LogP contribution in [0.15, 0.2) is 12.1 Å². The number of hydrogen-bond acceptors (Lipinski definition) is 3. The molecule has 0 spiro atoms. The summed E-state index contributed by atoms with van der Waals surface area (Å²) in [6.45, 7) is 5.17. The maximum Gasteiger partial charge on any atom is 0.227 e. The van der Waals surface area contributed by atoms with E-state index in [1.165, 1.54) is 0 Å². The first-order valence-electron chi connectivity index (χ1n) is 6.09. The summed E-state index contributed by atoms with van der Waals surface area (Å²) < 4.78 is 5.34. The van der Waals surface area contributed by atoms with Crippen LogP contribution in [0.1, 0.15) is 19.0 Å². The highest BCUT2D eigenvalue weighted by atomic mass is 35.5. The largest absolute Gasteiger partial charge is 0.381 e. The molecule has 2 unspecified atom stereocenters. The van der Waals surface area contributed by atoms with Crippen LogP contribution in [0.4, 0.5) is 5.69 Å². The first kappa shape index (κ1) is 13.3. The number of ether oxygens (including phenoxy) is 1. The van der Waals surface area contributed by atoms with Gasteiger partial charge in [0.05, 0.1) is 11.4 Å². The maximum absolute atomic E-state index is 12.2. The highest BCUT2D eigenvalue weighted by molar-refractivity contribution is 6.29. The van der Waals surface area contributed by atoms with Crippen LogP contribution in [-0.4, -0.2) is 24.1 Å². The van der Waals surface area contributed by atoms with Gasteiger partial charge in [-0.3, -0.25) is 4.79 Å². The first-order valence-corrected chi connectivity index (χ1v) is 6.47. The van der Waals surface area contributed by atoms with Crippen LogP contribution in [-0.2, 0) is 9.53 Å². The minimum atomic E-state index is 0.00817. The molecule has 2 rings (SSSR count). The normalized spacial score (nSPS) is 23.7. The van der Waals surface area contributed by atoms with Gasteiger partial charge in [-0.2, -0.15) is 0 Å². The molecule has 0 aromatic carbocycles. The van der Waals surface area contributed by atoms with Crippen LogP contribution in [0.3, 0.4) is 0 Å². The third-order valence-electron chi connectivity index (χ3n) is 3.29. The van der Waals surface area contributed by atoms with Crippen molar-refractivity contribution >= 4 is 23.2 Å². The summed E-state index contributed by atoms with van der Waals surface area (Å²) in [6, 6.07) is 3.46. The molecule has 5 heteroatoms. The lowest BCUT2D eigenvalue weighted by Crippen LogP contribution is -2.35. The molecule has 1 amide bonds. The van der Waals surface area contributed by atoms with E-state index in [-0.39, 0.29) is 17.7 Å². The molecular weight excluding hydrogens is 252 g/mol. The second-order valence-electron chi connectivity index (χ2n) is 4.70. The van der Waals surface area contributed by atoms with Gasteiger partial charge in [-0.25, -0.2) is 4.98 Å². The molecule has 0 saturated carbocycles. The quantitative estimate of drug-likeness (QED) is 0.839. The van der Waals surface area contributed by atoms with E-state index in [1.54, 1.807) is 12.1 Å². The number of carbonyl (C=O) groups excluding carboxylic acids is 1. The standard InChI is InChI=1S/C13H17ClN2O2/c1-8-7-18-6-5-10(8)13(17)16-11-3-4-12(14)15-9(11)2/h3-4,8,10H,5-7H2,1-2H3,(H,16,17). The number of nitrogens with one attached hydrogen (secondary N) is 1. The molecule has 1 N–H and O–H groups in total. The number of carbonyl (C=O) groups is 1. The van der Waals surface area contributed by atoms with Crippen LogP contribution >= 0.6 is 11.6 Å². The molecule has 2 heterocycles. The zero-order chi connectivity index (χ0) is 13.1. The summed E-state index contributed by atoms with van der Waals surface area (Å²) in [5.74, 6) is 0.297. The molecular formula is C13H17ClN2O2. The van der Waals surface area contributed by atoms with E-state index in [4.69, 9.17) is 16.3 Å². The van der Waals surface area contributed by atoms with Gasteiger partial charge < -0.3 is 10.1 Å². The number of aromatic nitrogens is 1. The van der Waals surface area contributed by atoms with E-state index < -0.39 is 0 Å². The Morgan fingerprint density at radius 1 is 1.56 bits per heavy atom. The van der Waals surface area contributed by atoms with E-state index in [9.17, 15) is 4.79 Å². The highest BCUT2D eigenvalue weighted by Gasteiger charge is 2.28. The van der Waals surface area contributed by atoms with Crippen LogP contribution in [0.5, 0.6) is 0 Å². The Labute approximate surface area is 112 Å². The minimum Gasteiger partial charge on any atom is -0.381 e. The summed E-state index contributed by atoms with van der Waals surface area (Å²) in [5.41, 5.74) is 1.46. The Morgan fingerprint density at radius 2 is 2.33 bits per heavy atom. The molecule has 0 aliphatic carbocycles. The smallest absolute Gasteiger partial charge is 0.227 e. The van der Waals surface area contributed by atoms with Crippen molar-refractivity contribution in [2.45, 2.75) is 20.3 Å². The van der Waals surface area contributed by atoms with Crippen molar-refractivity contribution < 1.29 is 9.53 Å². The van der Waals surface area contributed by atoms with E-state index in [1.807, 2.05) is 13.8 Å². The number of pyridine rings is 1. The van der Waals surface area contributed by atoms with Gasteiger partial charge in [-0.1, -0.05) is 18.5 Å². The average Bonchev–Trinajstić information content (AvgIpc) is 2.33. The summed E-state index contributed by atoms with van der Waals surface area (Å²) in [5, 5.41) is 3.36. The number of nitrogens with zero attached hydrogens (tertiary/aromatic N) is 1. The molecule has 0 bridgehead atoms. The molecule has 0 radical (unpaired) electrons. The van der Waals surface area contributed by atoms with Crippen molar-refractivity contribution in [2.24, 2.45) is 11.8 Å². The second kappa shape index (κ2) is 5.67. The van der Waals surface area contributed by atoms with Gasteiger partial charge >= 0.3 is 0 Å². The lowest BCUT2D eigenvalue weighted by atomic mass is 9.89. The average molecular weight is 269 g/mol. The van der Waals surface area contributed by atoms with E-state index in [0.29, 0.717) is 18.4 Å². The summed E-state index contributed by atoms with van der Waals surface area (Å²) in [4.78, 5) is 16.3. The van der Waals surface area contributed by atoms with E-state index >= 15 is 0 Å². The third-order valence-corrected chi connectivity index (χ3v) is 3.50. The summed E-state index contributed by atoms with van der Waals surface area (Å²) in [7, 11) is 0. The Kier molecular flexibility index (Phi) is 4.19. The van der Waals surface area contributed by atoms with Crippen molar-refractivity contribution in [3.8, 4) is 0 Å². The lowest BCUT2D eigenvalue weighted by Gasteiger charge is -2.27. The number of amides is 1. The number of aryl methyl sites for hydroxylation is 1. The molecule has 1 aromatic heterocycles. The Hall–Kier alpha value is -1.13. The maximum atomic E-state index is 12.2. The van der Waals surface area contributed by atoms with E-state index in [2.05, 4.69) is 10.3 Å². The molecule has 1 aromatic rings. The fourth-order valence-electron chi connectivity index (χ4n) is 2.16. The molecule has 98 valence electrons. The molecule has 1 saturated heterocycles. The van der Waals surface area contributed by atoms with E-state index in [0.717, 1.165) is 17.8 Å². The number of anilines is 1. The molecule has 1 aliphatic rings. The number of rotatable bonds is 2. The molecule has 2 atom stereocenters. The lowest BCUT2D eigenvalue weighted by molar-refractivity contribution is -0.125. The monoisotopic (exact) mass is 268 g/mol. The van der Waals surface area contributed by atoms with Crippen molar-refractivity contribution in [3.05, 3.63) is 23.0 Å². The molecule has 1 fully saturated rings. The molecule has 1 aliphatic heterocycles. The Balaban J connectivity index is 2.06. The van der Waals surface area contributed by atoms with Crippen molar-refractivity contribution in [2.75, 3.05) is 18.5 Å². The highest BCUT2D eigenvalue weighted by Crippen LogP contribution is 2.24. The number of hydrogen-bond donors (Lipinski definition) is 1. The van der Waals surface area contributed by atoms with Gasteiger partial charge in [-0.15, -0.1) is 0 Å². The fourth-order valence-corrected chi connectivity index (χ4v) is 2.35. The van der Waals surface area contributed by atoms with Gasteiger partial charge in [0.25, 0.3) is 0 Å². The van der Waals surface area contributed by atoms with Gasteiger partial charge in [-0.05, 0) is 31.4 Å². The van der Waals surface area contributed by atoms with Crippen LogP contribution in [0.2, 0.25) is 5.15 Å². The SMILES string of the molecule is Cc1nc(Cl)ccc1NC(=O)C1CCOCC1C. The Morgan fingerprint density at radius 3 is 3.00 bits per heavy atom. The van der Waals surface area contributed by atoms with Crippen LogP contribution < -0.4 is 5.32 Å². The zero-order valence-corrected chi connectivity index (χ0v) is 11.3.